The van der Waals surface area contributed by atoms with E-state index < -0.39 is 0 Å². The van der Waals surface area contributed by atoms with Gasteiger partial charge in [0.15, 0.2) is 0 Å². The highest BCUT2D eigenvalue weighted by Crippen LogP contribution is 2.31. The van der Waals surface area contributed by atoms with Gasteiger partial charge in [0.1, 0.15) is 5.75 Å². The highest BCUT2D eigenvalue weighted by atomic mass is 79.9. The quantitative estimate of drug-likeness (QED) is 0.828. The van der Waals surface area contributed by atoms with Crippen molar-refractivity contribution in [2.45, 2.75) is 18.9 Å². The van der Waals surface area contributed by atoms with Gasteiger partial charge in [-0.3, -0.25) is 0 Å². The lowest BCUT2D eigenvalue weighted by atomic mass is 10.0. The lowest BCUT2D eigenvalue weighted by Crippen LogP contribution is -2.12. The van der Waals surface area contributed by atoms with Crippen LogP contribution in [0.3, 0.4) is 0 Å². The molecule has 2 nitrogen and oxygen atoms in total. The fourth-order valence-electron chi connectivity index (χ4n) is 1.76. The molecule has 0 aromatic heterocycles. The third-order valence-electron chi connectivity index (χ3n) is 2.43. The molecule has 0 radical (unpaired) electrons. The van der Waals surface area contributed by atoms with Gasteiger partial charge in [0.25, 0.3) is 0 Å². The SMILES string of the molecule is Cl.Oc1cc(Br)ccc1[C@@H]1CCCN1. The van der Waals surface area contributed by atoms with Gasteiger partial charge in [-0.1, -0.05) is 22.0 Å². The Bertz CT molecular complexity index is 313. The van der Waals surface area contributed by atoms with E-state index in [-0.39, 0.29) is 12.4 Å². The van der Waals surface area contributed by atoms with Gasteiger partial charge in [0, 0.05) is 16.1 Å². The molecule has 1 aromatic carbocycles. The van der Waals surface area contributed by atoms with Crippen LogP contribution in [0.15, 0.2) is 22.7 Å². The van der Waals surface area contributed by atoms with Crippen LogP contribution in [0.1, 0.15) is 24.4 Å². The first-order valence-corrected chi connectivity index (χ1v) is 5.28. The van der Waals surface area contributed by atoms with Crippen molar-refractivity contribution in [1.29, 1.82) is 0 Å². The summed E-state index contributed by atoms with van der Waals surface area (Å²) in [5.41, 5.74) is 1.01. The predicted molar refractivity (Wildman–Crippen MR) is 63.0 cm³/mol. The molecule has 1 heterocycles. The van der Waals surface area contributed by atoms with Crippen LogP contribution < -0.4 is 5.32 Å². The monoisotopic (exact) mass is 277 g/mol. The Morgan fingerprint density at radius 1 is 1.43 bits per heavy atom. The van der Waals surface area contributed by atoms with Crippen molar-refractivity contribution in [3.63, 3.8) is 0 Å². The minimum atomic E-state index is 0. The highest BCUT2D eigenvalue weighted by molar-refractivity contribution is 9.10. The summed E-state index contributed by atoms with van der Waals surface area (Å²) in [4.78, 5) is 0. The highest BCUT2D eigenvalue weighted by Gasteiger charge is 2.18. The summed E-state index contributed by atoms with van der Waals surface area (Å²) >= 11 is 3.32. The number of hydrogen-bond acceptors (Lipinski definition) is 2. The number of phenols is 1. The summed E-state index contributed by atoms with van der Waals surface area (Å²) in [6, 6.07) is 6.03. The molecule has 2 N–H and O–H groups in total. The number of hydrogen-bond donors (Lipinski definition) is 2. The zero-order valence-corrected chi connectivity index (χ0v) is 10.1. The van der Waals surface area contributed by atoms with Crippen molar-refractivity contribution in [2.75, 3.05) is 6.54 Å². The molecule has 0 spiro atoms. The van der Waals surface area contributed by atoms with Crippen LogP contribution in [0.25, 0.3) is 0 Å². The molecule has 1 atom stereocenters. The molecule has 4 heteroatoms. The number of benzene rings is 1. The number of rotatable bonds is 1. The van der Waals surface area contributed by atoms with E-state index >= 15 is 0 Å². The average molecular weight is 279 g/mol. The molecule has 0 unspecified atom stereocenters. The molecule has 1 aliphatic rings. The minimum absolute atomic E-state index is 0. The van der Waals surface area contributed by atoms with Crippen LogP contribution in [0.4, 0.5) is 0 Å². The van der Waals surface area contributed by atoms with Crippen molar-refractivity contribution in [3.05, 3.63) is 28.2 Å². The van der Waals surface area contributed by atoms with Crippen molar-refractivity contribution in [3.8, 4) is 5.75 Å². The second kappa shape index (κ2) is 5.01. The summed E-state index contributed by atoms with van der Waals surface area (Å²) in [6.07, 6.45) is 2.31. The maximum absolute atomic E-state index is 9.68. The molecule has 1 aromatic rings. The first kappa shape index (κ1) is 11.8. The maximum Gasteiger partial charge on any atom is 0.121 e. The van der Waals surface area contributed by atoms with Crippen molar-refractivity contribution < 1.29 is 5.11 Å². The van der Waals surface area contributed by atoms with Gasteiger partial charge in [-0.25, -0.2) is 0 Å². The number of aromatic hydroxyl groups is 1. The summed E-state index contributed by atoms with van der Waals surface area (Å²) in [6.45, 7) is 1.06. The topological polar surface area (TPSA) is 32.3 Å². The zero-order valence-electron chi connectivity index (χ0n) is 7.66. The van der Waals surface area contributed by atoms with Crippen LogP contribution in [-0.4, -0.2) is 11.7 Å². The summed E-state index contributed by atoms with van der Waals surface area (Å²) in [5, 5.41) is 13.0. The van der Waals surface area contributed by atoms with E-state index in [0.29, 0.717) is 11.8 Å². The van der Waals surface area contributed by atoms with Gasteiger partial charge in [-0.2, -0.15) is 0 Å². The van der Waals surface area contributed by atoms with Gasteiger partial charge >= 0.3 is 0 Å². The lowest BCUT2D eigenvalue weighted by Gasteiger charge is -2.12. The Kier molecular flexibility index (Phi) is 4.23. The summed E-state index contributed by atoms with van der Waals surface area (Å²) in [5.74, 6) is 0.383. The number of nitrogens with one attached hydrogen (secondary N) is 1. The Labute approximate surface area is 98.3 Å². The van der Waals surface area contributed by atoms with Crippen LogP contribution in [0, 0.1) is 0 Å². The number of halogens is 2. The van der Waals surface area contributed by atoms with E-state index in [9.17, 15) is 5.11 Å². The van der Waals surface area contributed by atoms with Crippen molar-refractivity contribution >= 4 is 28.3 Å². The van der Waals surface area contributed by atoms with Gasteiger partial charge in [-0.05, 0) is 31.5 Å². The van der Waals surface area contributed by atoms with Crippen molar-refractivity contribution in [2.24, 2.45) is 0 Å². The molecule has 0 amide bonds. The molecule has 1 fully saturated rings. The van der Waals surface area contributed by atoms with Gasteiger partial charge < -0.3 is 10.4 Å². The van der Waals surface area contributed by atoms with Crippen LogP contribution >= 0.6 is 28.3 Å². The molecule has 14 heavy (non-hydrogen) atoms. The van der Waals surface area contributed by atoms with E-state index in [4.69, 9.17) is 0 Å². The smallest absolute Gasteiger partial charge is 0.121 e. The maximum atomic E-state index is 9.68. The normalized spacial score (nSPS) is 20.5. The second-order valence-electron chi connectivity index (χ2n) is 3.35. The average Bonchev–Trinajstić information content (AvgIpc) is 2.56. The second-order valence-corrected chi connectivity index (χ2v) is 4.27. The van der Waals surface area contributed by atoms with E-state index in [1.54, 1.807) is 6.07 Å². The largest absolute Gasteiger partial charge is 0.508 e. The predicted octanol–water partition coefficient (Wildman–Crippen LogP) is 3.00. The Hall–Kier alpha value is -0.250. The molecular formula is C10H13BrClNO. The van der Waals surface area contributed by atoms with Gasteiger partial charge in [0.2, 0.25) is 0 Å². The molecular weight excluding hydrogens is 265 g/mol. The summed E-state index contributed by atoms with van der Waals surface area (Å²) < 4.78 is 0.923. The fraction of sp³-hybridized carbons (Fsp3) is 0.400. The van der Waals surface area contributed by atoms with Gasteiger partial charge in [0.05, 0.1) is 0 Å². The summed E-state index contributed by atoms with van der Waals surface area (Å²) in [7, 11) is 0. The first-order valence-electron chi connectivity index (χ1n) is 4.49. The Morgan fingerprint density at radius 2 is 2.21 bits per heavy atom. The molecule has 1 aliphatic heterocycles. The van der Waals surface area contributed by atoms with Crippen molar-refractivity contribution in [1.82, 2.24) is 5.32 Å². The molecule has 2 rings (SSSR count). The molecule has 0 saturated carbocycles. The molecule has 1 saturated heterocycles. The standard InChI is InChI=1S/C10H12BrNO.ClH/c11-7-3-4-8(10(13)6-7)9-2-1-5-12-9;/h3-4,6,9,12-13H,1-2,5H2;1H/t9-;/m0./s1. The van der Waals surface area contributed by atoms with E-state index in [1.807, 2.05) is 12.1 Å². The third-order valence-corrected chi connectivity index (χ3v) is 2.92. The zero-order chi connectivity index (χ0) is 9.26. The minimum Gasteiger partial charge on any atom is -0.508 e. The van der Waals surface area contributed by atoms with E-state index in [2.05, 4.69) is 21.2 Å². The van der Waals surface area contributed by atoms with E-state index in [0.717, 1.165) is 23.0 Å². The first-order chi connectivity index (χ1) is 6.27. The van der Waals surface area contributed by atoms with Crippen LogP contribution in [-0.2, 0) is 0 Å². The fourth-order valence-corrected chi connectivity index (χ4v) is 2.11. The Balaban J connectivity index is 0.000000980. The molecule has 0 aliphatic carbocycles. The molecule has 0 bridgehead atoms. The lowest BCUT2D eigenvalue weighted by molar-refractivity contribution is 0.456. The Morgan fingerprint density at radius 3 is 2.79 bits per heavy atom. The third kappa shape index (κ3) is 2.41. The van der Waals surface area contributed by atoms with E-state index in [1.165, 1.54) is 6.42 Å². The number of phenolic OH excluding ortho intramolecular Hbond substituents is 1. The van der Waals surface area contributed by atoms with Crippen LogP contribution in [0.5, 0.6) is 5.75 Å². The van der Waals surface area contributed by atoms with Gasteiger partial charge in [-0.15, -0.1) is 12.4 Å². The van der Waals surface area contributed by atoms with Crippen LogP contribution in [0.2, 0.25) is 0 Å². The molecule has 78 valence electrons.